The Balaban J connectivity index is 1.71. The number of nitrogens with one attached hydrogen (secondary N) is 2. The number of aromatic nitrogens is 2. The summed E-state index contributed by atoms with van der Waals surface area (Å²) in [5, 5.41) is 2.92. The van der Waals surface area contributed by atoms with E-state index < -0.39 is 20.3 Å². The van der Waals surface area contributed by atoms with Crippen molar-refractivity contribution in [1.29, 1.82) is 0 Å². The summed E-state index contributed by atoms with van der Waals surface area (Å²) < 4.78 is 36.1. The number of hydrogen-bond donors (Lipinski definition) is 2. The maximum atomic E-state index is 12.8. The zero-order valence-electron chi connectivity index (χ0n) is 17.6. The minimum absolute atomic E-state index is 0.0659. The first-order chi connectivity index (χ1) is 15.8. The van der Waals surface area contributed by atoms with Crippen LogP contribution in [0.15, 0.2) is 68.4 Å². The molecule has 0 radical (unpaired) electrons. The number of rotatable bonds is 9. The van der Waals surface area contributed by atoms with E-state index in [-0.39, 0.29) is 26.7 Å². The third kappa shape index (κ3) is 5.86. The maximum Gasteiger partial charge on any atom is 0.270 e. The van der Waals surface area contributed by atoms with E-state index in [0.29, 0.717) is 23.8 Å². The number of benzene rings is 2. The lowest BCUT2D eigenvalue weighted by molar-refractivity contribution is -0.113. The number of halogens is 1. The topological polar surface area (TPSA) is 127 Å². The molecule has 0 unspecified atom stereocenters. The molecule has 9 nitrogen and oxygen atoms in total. The minimum atomic E-state index is -4.16. The van der Waals surface area contributed by atoms with Crippen molar-refractivity contribution in [2.45, 2.75) is 21.9 Å². The minimum Gasteiger partial charge on any atom is -0.495 e. The molecule has 2 N–H and O–H groups in total. The fraction of sp³-hybridized carbons (Fsp3) is 0.190. The van der Waals surface area contributed by atoms with E-state index in [9.17, 15) is 18.0 Å². The van der Waals surface area contributed by atoms with E-state index in [1.54, 1.807) is 24.3 Å². The molecule has 12 heteroatoms. The zero-order chi connectivity index (χ0) is 24.0. The zero-order valence-corrected chi connectivity index (χ0v) is 20.0. The number of aromatic amines is 1. The van der Waals surface area contributed by atoms with Crippen LogP contribution in [0, 0.1) is 0 Å². The summed E-state index contributed by atoms with van der Waals surface area (Å²) in [7, 11) is -2.76. The van der Waals surface area contributed by atoms with Crippen molar-refractivity contribution in [3.8, 4) is 11.5 Å². The average molecular weight is 510 g/mol. The summed E-state index contributed by atoms with van der Waals surface area (Å²) in [4.78, 5) is 30.4. The van der Waals surface area contributed by atoms with E-state index >= 15 is 0 Å². The lowest BCUT2D eigenvalue weighted by Crippen LogP contribution is -2.20. The number of para-hydroxylation sites is 2. The normalized spacial score (nSPS) is 11.1. The summed E-state index contributed by atoms with van der Waals surface area (Å²) in [5.41, 5.74) is -0.340. The number of methoxy groups -OCH3 is 1. The highest BCUT2D eigenvalue weighted by molar-refractivity contribution is 7.99. The molecule has 0 saturated carbocycles. The summed E-state index contributed by atoms with van der Waals surface area (Å²) in [6.45, 7) is 2.29. The van der Waals surface area contributed by atoms with Gasteiger partial charge < -0.3 is 19.8 Å². The number of sulfone groups is 1. The molecule has 1 heterocycles. The molecule has 3 aromatic rings. The molecule has 33 heavy (non-hydrogen) atoms. The molecule has 0 saturated heterocycles. The first-order valence-corrected chi connectivity index (χ1v) is 12.4. The van der Waals surface area contributed by atoms with Gasteiger partial charge >= 0.3 is 0 Å². The summed E-state index contributed by atoms with van der Waals surface area (Å²) in [6, 6.07) is 10.9. The predicted molar refractivity (Wildman–Crippen MR) is 125 cm³/mol. The van der Waals surface area contributed by atoms with Crippen LogP contribution in [0.5, 0.6) is 11.5 Å². The number of nitrogens with zero attached hydrogens (tertiary/aromatic N) is 1. The number of anilines is 1. The van der Waals surface area contributed by atoms with Crippen molar-refractivity contribution < 1.29 is 22.7 Å². The van der Waals surface area contributed by atoms with Crippen LogP contribution in [-0.4, -0.2) is 43.8 Å². The van der Waals surface area contributed by atoms with Crippen LogP contribution in [-0.2, 0) is 14.6 Å². The van der Waals surface area contributed by atoms with Crippen LogP contribution in [0.4, 0.5) is 5.69 Å². The summed E-state index contributed by atoms with van der Waals surface area (Å²) in [5.74, 6) is 0.429. The van der Waals surface area contributed by atoms with E-state index in [4.69, 9.17) is 21.1 Å². The Labute approximate surface area is 199 Å². The van der Waals surface area contributed by atoms with Gasteiger partial charge in [-0.25, -0.2) is 13.4 Å². The predicted octanol–water partition coefficient (Wildman–Crippen LogP) is 3.39. The molecule has 3 rings (SSSR count). The van der Waals surface area contributed by atoms with Gasteiger partial charge in [-0.1, -0.05) is 35.5 Å². The van der Waals surface area contributed by atoms with Gasteiger partial charge in [0.15, 0.2) is 10.1 Å². The van der Waals surface area contributed by atoms with E-state index in [1.807, 2.05) is 6.92 Å². The molecule has 0 atom stereocenters. The van der Waals surface area contributed by atoms with Crippen LogP contribution >= 0.6 is 23.4 Å². The van der Waals surface area contributed by atoms with Crippen LogP contribution in [0.1, 0.15) is 6.92 Å². The third-order valence-electron chi connectivity index (χ3n) is 4.27. The lowest BCUT2D eigenvalue weighted by Gasteiger charge is -2.11. The Morgan fingerprint density at radius 2 is 1.97 bits per heavy atom. The number of carbonyl (C=O) groups is 1. The molecule has 0 bridgehead atoms. The van der Waals surface area contributed by atoms with Crippen molar-refractivity contribution >= 4 is 44.8 Å². The summed E-state index contributed by atoms with van der Waals surface area (Å²) >= 11 is 6.96. The van der Waals surface area contributed by atoms with Crippen LogP contribution in [0.25, 0.3) is 0 Å². The molecule has 2 aromatic carbocycles. The van der Waals surface area contributed by atoms with E-state index in [1.165, 1.54) is 25.3 Å². The van der Waals surface area contributed by atoms with Gasteiger partial charge in [-0.3, -0.25) is 9.59 Å². The Hall–Kier alpha value is -3.02. The highest BCUT2D eigenvalue weighted by Gasteiger charge is 2.23. The maximum absolute atomic E-state index is 12.8. The lowest BCUT2D eigenvalue weighted by atomic mass is 10.3. The number of thioether (sulfide) groups is 1. The third-order valence-corrected chi connectivity index (χ3v) is 7.19. The van der Waals surface area contributed by atoms with Crippen molar-refractivity contribution in [2.24, 2.45) is 0 Å². The first-order valence-electron chi connectivity index (χ1n) is 9.58. The van der Waals surface area contributed by atoms with Crippen molar-refractivity contribution in [1.82, 2.24) is 9.97 Å². The second-order valence-corrected chi connectivity index (χ2v) is 9.74. The standard InChI is InChI=1S/C21H20ClN3O6S2/c1-3-31-17-7-5-4-6-15(17)24-19(26)12-32-21-23-11-18(20(27)25-21)33(28,29)13-8-9-16(30-2)14(22)10-13/h4-11H,3,12H2,1-2H3,(H,24,26)(H,23,25,27). The highest BCUT2D eigenvalue weighted by atomic mass is 35.5. The van der Waals surface area contributed by atoms with Gasteiger partial charge in [0.1, 0.15) is 11.5 Å². The molecule has 0 aliphatic carbocycles. The molecule has 174 valence electrons. The number of hydrogen-bond acceptors (Lipinski definition) is 8. The Bertz CT molecular complexity index is 1330. The largest absolute Gasteiger partial charge is 0.495 e. The fourth-order valence-electron chi connectivity index (χ4n) is 2.74. The van der Waals surface area contributed by atoms with Crippen molar-refractivity contribution in [3.63, 3.8) is 0 Å². The molecule has 1 aromatic heterocycles. The Morgan fingerprint density at radius 3 is 2.64 bits per heavy atom. The Morgan fingerprint density at radius 1 is 1.21 bits per heavy atom. The van der Waals surface area contributed by atoms with Gasteiger partial charge in [-0.15, -0.1) is 0 Å². The fourth-order valence-corrected chi connectivity index (χ4v) is 4.96. The SMILES string of the molecule is CCOc1ccccc1NC(=O)CSc1ncc(S(=O)(=O)c2ccc(OC)c(Cl)c2)c(=O)[nH]1. The van der Waals surface area contributed by atoms with Crippen LogP contribution in [0.2, 0.25) is 5.02 Å². The van der Waals surface area contributed by atoms with Gasteiger partial charge in [-0.2, -0.15) is 0 Å². The molecular formula is C21H20ClN3O6S2. The van der Waals surface area contributed by atoms with E-state index in [0.717, 1.165) is 18.0 Å². The van der Waals surface area contributed by atoms with Crippen molar-refractivity contribution in [2.75, 3.05) is 24.8 Å². The Kier molecular flexibility index (Phi) is 8.01. The first kappa shape index (κ1) is 24.6. The molecule has 0 aliphatic rings. The van der Waals surface area contributed by atoms with E-state index in [2.05, 4.69) is 15.3 Å². The smallest absolute Gasteiger partial charge is 0.270 e. The van der Waals surface area contributed by atoms with Gasteiger partial charge in [0, 0.05) is 0 Å². The van der Waals surface area contributed by atoms with Gasteiger partial charge in [0.2, 0.25) is 15.7 Å². The van der Waals surface area contributed by atoms with Crippen molar-refractivity contribution in [3.05, 3.63) is 64.0 Å². The quantitative estimate of drug-likeness (QED) is 0.332. The second kappa shape index (κ2) is 10.7. The number of ether oxygens (including phenoxy) is 2. The molecule has 0 spiro atoms. The molecular weight excluding hydrogens is 490 g/mol. The number of H-pyrrole nitrogens is 1. The number of carbonyl (C=O) groups excluding carboxylic acids is 1. The molecule has 1 amide bonds. The van der Waals surface area contributed by atoms with Crippen LogP contribution in [0.3, 0.4) is 0 Å². The number of amides is 1. The summed E-state index contributed by atoms with van der Waals surface area (Å²) in [6.07, 6.45) is 0.955. The van der Waals surface area contributed by atoms with Gasteiger partial charge in [0.25, 0.3) is 5.56 Å². The van der Waals surface area contributed by atoms with Gasteiger partial charge in [-0.05, 0) is 37.3 Å². The second-order valence-electron chi connectivity index (χ2n) is 6.45. The highest BCUT2D eigenvalue weighted by Crippen LogP contribution is 2.29. The van der Waals surface area contributed by atoms with Gasteiger partial charge in [0.05, 0.1) is 41.3 Å². The molecule has 0 aliphatic heterocycles. The molecule has 0 fully saturated rings. The monoisotopic (exact) mass is 509 g/mol. The van der Waals surface area contributed by atoms with Crippen LogP contribution < -0.4 is 20.3 Å². The average Bonchev–Trinajstić information content (AvgIpc) is 2.79.